The highest BCUT2D eigenvalue weighted by atomic mass is 32.1. The molecule has 20 heavy (non-hydrogen) atoms. The van der Waals surface area contributed by atoms with Gasteiger partial charge in [0.2, 0.25) is 0 Å². The van der Waals surface area contributed by atoms with Gasteiger partial charge in [0, 0.05) is 24.0 Å². The van der Waals surface area contributed by atoms with Crippen molar-refractivity contribution >= 4 is 27.4 Å². The third kappa shape index (κ3) is 2.25. The van der Waals surface area contributed by atoms with E-state index in [0.717, 1.165) is 28.1 Å². The number of halogens is 1. The van der Waals surface area contributed by atoms with Crippen molar-refractivity contribution in [3.05, 3.63) is 41.8 Å². The molecule has 5 heteroatoms. The highest BCUT2D eigenvalue weighted by Gasteiger charge is 2.12. The molecule has 102 valence electrons. The summed E-state index contributed by atoms with van der Waals surface area (Å²) in [5.41, 5.74) is 3.11. The number of benzene rings is 1. The number of aryl methyl sites for hydroxylation is 1. The molecule has 1 N–H and O–H groups in total. The largest absolute Gasteiger partial charge is 0.388 e. The first-order chi connectivity index (χ1) is 9.71. The van der Waals surface area contributed by atoms with Crippen LogP contribution in [0.3, 0.4) is 0 Å². The number of nitrogens with zero attached hydrogens (tertiary/aromatic N) is 2. The van der Waals surface area contributed by atoms with Crippen molar-refractivity contribution in [3.8, 4) is 10.6 Å². The van der Waals surface area contributed by atoms with Gasteiger partial charge in [0.1, 0.15) is 21.2 Å². The lowest BCUT2D eigenvalue weighted by Gasteiger charge is -2.02. The Morgan fingerprint density at radius 2 is 2.05 bits per heavy atom. The van der Waals surface area contributed by atoms with Crippen LogP contribution in [-0.4, -0.2) is 17.0 Å². The van der Waals surface area contributed by atoms with Gasteiger partial charge in [0.15, 0.2) is 0 Å². The van der Waals surface area contributed by atoms with Crippen molar-refractivity contribution in [3.63, 3.8) is 0 Å². The van der Waals surface area contributed by atoms with Gasteiger partial charge in [0.05, 0.1) is 0 Å². The van der Waals surface area contributed by atoms with Crippen molar-refractivity contribution in [2.45, 2.75) is 13.3 Å². The second kappa shape index (κ2) is 5.17. The molecule has 0 spiro atoms. The van der Waals surface area contributed by atoms with E-state index in [9.17, 15) is 4.39 Å². The van der Waals surface area contributed by atoms with E-state index in [1.165, 1.54) is 17.4 Å². The summed E-state index contributed by atoms with van der Waals surface area (Å²) in [6.07, 6.45) is 0.883. The highest BCUT2D eigenvalue weighted by Crippen LogP contribution is 2.31. The summed E-state index contributed by atoms with van der Waals surface area (Å²) in [7, 11) is 1.77. The third-order valence-electron chi connectivity index (χ3n) is 3.16. The van der Waals surface area contributed by atoms with Gasteiger partial charge in [-0.25, -0.2) is 14.4 Å². The molecule has 2 aromatic heterocycles. The fourth-order valence-corrected chi connectivity index (χ4v) is 3.00. The second-order valence-electron chi connectivity index (χ2n) is 4.44. The molecule has 3 aromatic rings. The van der Waals surface area contributed by atoms with Crippen molar-refractivity contribution in [2.75, 3.05) is 12.4 Å². The van der Waals surface area contributed by atoms with Gasteiger partial charge in [-0.1, -0.05) is 18.3 Å². The van der Waals surface area contributed by atoms with E-state index >= 15 is 0 Å². The number of nitrogens with one attached hydrogen (secondary N) is 1. The zero-order valence-electron chi connectivity index (χ0n) is 11.3. The Morgan fingerprint density at radius 1 is 1.20 bits per heavy atom. The molecule has 1 aromatic carbocycles. The normalized spacial score (nSPS) is 10.9. The molecule has 0 aliphatic heterocycles. The highest BCUT2D eigenvalue weighted by molar-refractivity contribution is 7.21. The fraction of sp³-hybridized carbons (Fsp3) is 0.200. The summed E-state index contributed by atoms with van der Waals surface area (Å²) in [5, 5.41) is 3.59. The maximum absolute atomic E-state index is 14.1. The van der Waals surface area contributed by atoms with E-state index in [1.807, 2.05) is 18.2 Å². The molecule has 0 unspecified atom stereocenters. The molecule has 0 fully saturated rings. The van der Waals surface area contributed by atoms with Gasteiger partial charge in [0.25, 0.3) is 0 Å². The van der Waals surface area contributed by atoms with Gasteiger partial charge >= 0.3 is 0 Å². The first kappa shape index (κ1) is 13.0. The Kier molecular flexibility index (Phi) is 3.36. The molecule has 2 heterocycles. The minimum absolute atomic E-state index is 0.272. The molecular weight excluding hydrogens is 273 g/mol. The van der Waals surface area contributed by atoms with Crippen LogP contribution in [-0.2, 0) is 6.42 Å². The van der Waals surface area contributed by atoms with Gasteiger partial charge < -0.3 is 5.32 Å². The average Bonchev–Trinajstić information content (AvgIpc) is 2.89. The molecule has 0 saturated heterocycles. The number of hydrogen-bond acceptors (Lipinski definition) is 4. The van der Waals surface area contributed by atoms with Gasteiger partial charge in [-0.3, -0.25) is 0 Å². The lowest BCUT2D eigenvalue weighted by molar-refractivity contribution is 0.632. The van der Waals surface area contributed by atoms with Crippen LogP contribution < -0.4 is 5.32 Å². The van der Waals surface area contributed by atoms with Crippen LogP contribution in [0.1, 0.15) is 12.6 Å². The van der Waals surface area contributed by atoms with Crippen LogP contribution in [0.2, 0.25) is 0 Å². The fourth-order valence-electron chi connectivity index (χ4n) is 2.01. The number of hydrogen-bond donors (Lipinski definition) is 1. The summed E-state index contributed by atoms with van der Waals surface area (Å²) < 4.78 is 14.1. The maximum atomic E-state index is 14.1. The molecule has 3 nitrogen and oxygen atoms in total. The van der Waals surface area contributed by atoms with Crippen LogP contribution in [0.15, 0.2) is 30.3 Å². The Labute approximate surface area is 120 Å². The van der Waals surface area contributed by atoms with Crippen LogP contribution in [0.5, 0.6) is 0 Å². The lowest BCUT2D eigenvalue weighted by atomic mass is 10.2. The number of aromatic nitrogens is 2. The Hall–Kier alpha value is -2.01. The standard InChI is InChI=1S/C15H14FN3S/c1-3-9-5-7-13-15(18-9)20-14(19-13)11-6-4-10(17-2)8-12(11)16/h4-8,17H,3H2,1-2H3. The molecule has 0 bridgehead atoms. The smallest absolute Gasteiger partial charge is 0.144 e. The number of fused-ring (bicyclic) bond motifs is 1. The first-order valence-corrected chi connectivity index (χ1v) is 7.27. The maximum Gasteiger partial charge on any atom is 0.144 e. The van der Waals surface area contributed by atoms with Crippen molar-refractivity contribution in [1.29, 1.82) is 0 Å². The number of thiazole rings is 1. The molecule has 0 amide bonds. The second-order valence-corrected chi connectivity index (χ2v) is 5.42. The topological polar surface area (TPSA) is 37.8 Å². The summed E-state index contributed by atoms with van der Waals surface area (Å²) in [6.45, 7) is 2.06. The Bertz CT molecular complexity index is 767. The predicted octanol–water partition coefficient (Wildman–Crippen LogP) is 4.10. The molecule has 0 saturated carbocycles. The zero-order valence-corrected chi connectivity index (χ0v) is 12.1. The summed E-state index contributed by atoms with van der Waals surface area (Å²) in [6, 6.07) is 8.98. The van der Waals surface area contributed by atoms with Crippen LogP contribution in [0, 0.1) is 5.82 Å². The Balaban J connectivity index is 2.10. The first-order valence-electron chi connectivity index (χ1n) is 6.45. The van der Waals surface area contributed by atoms with E-state index < -0.39 is 0 Å². The van der Waals surface area contributed by atoms with E-state index in [0.29, 0.717) is 10.6 Å². The van der Waals surface area contributed by atoms with Crippen LogP contribution in [0.4, 0.5) is 10.1 Å². The van der Waals surface area contributed by atoms with Gasteiger partial charge in [-0.2, -0.15) is 0 Å². The van der Waals surface area contributed by atoms with Gasteiger partial charge in [-0.05, 0) is 36.8 Å². The molecule has 0 atom stereocenters. The van der Waals surface area contributed by atoms with Crippen LogP contribution in [0.25, 0.3) is 20.9 Å². The molecule has 0 aliphatic carbocycles. The summed E-state index contributed by atoms with van der Waals surface area (Å²) in [5.74, 6) is -0.272. The van der Waals surface area contributed by atoms with E-state index in [2.05, 4.69) is 22.2 Å². The predicted molar refractivity (Wildman–Crippen MR) is 81.7 cm³/mol. The number of anilines is 1. The third-order valence-corrected chi connectivity index (χ3v) is 4.16. The summed E-state index contributed by atoms with van der Waals surface area (Å²) in [4.78, 5) is 9.85. The Morgan fingerprint density at radius 3 is 2.75 bits per heavy atom. The SMILES string of the molecule is CCc1ccc2nc(-c3ccc(NC)cc3F)sc2n1. The van der Waals surface area contributed by atoms with Gasteiger partial charge in [-0.15, -0.1) is 0 Å². The monoisotopic (exact) mass is 287 g/mol. The zero-order chi connectivity index (χ0) is 14.1. The average molecular weight is 287 g/mol. The van der Waals surface area contributed by atoms with Crippen molar-refractivity contribution in [1.82, 2.24) is 9.97 Å². The molecule has 0 radical (unpaired) electrons. The number of pyridine rings is 1. The van der Waals surface area contributed by atoms with Crippen LogP contribution >= 0.6 is 11.3 Å². The van der Waals surface area contributed by atoms with Crippen molar-refractivity contribution < 1.29 is 4.39 Å². The molecule has 3 rings (SSSR count). The van der Waals surface area contributed by atoms with E-state index in [-0.39, 0.29) is 5.82 Å². The molecule has 0 aliphatic rings. The van der Waals surface area contributed by atoms with E-state index in [1.54, 1.807) is 13.1 Å². The van der Waals surface area contributed by atoms with E-state index in [4.69, 9.17) is 0 Å². The summed E-state index contributed by atoms with van der Waals surface area (Å²) >= 11 is 1.42. The minimum atomic E-state index is -0.272. The van der Waals surface area contributed by atoms with Crippen molar-refractivity contribution in [2.24, 2.45) is 0 Å². The number of rotatable bonds is 3. The minimum Gasteiger partial charge on any atom is -0.388 e. The quantitative estimate of drug-likeness (QED) is 0.788. The molecular formula is C15H14FN3S. The lowest BCUT2D eigenvalue weighted by Crippen LogP contribution is -1.90.